The summed E-state index contributed by atoms with van der Waals surface area (Å²) in [6.07, 6.45) is 9.16. The highest BCUT2D eigenvalue weighted by atomic mass is 16.4. The molecule has 1 heterocycles. The van der Waals surface area contributed by atoms with Crippen LogP contribution < -0.4 is 0 Å². The van der Waals surface area contributed by atoms with Crippen LogP contribution in [-0.2, 0) is 4.79 Å². The molecular weight excluding hydrogens is 202 g/mol. The Morgan fingerprint density at radius 2 is 1.94 bits per heavy atom. The summed E-state index contributed by atoms with van der Waals surface area (Å²) in [4.78, 5) is 13.2. The number of likely N-dealkylation sites (tertiary alicyclic amines) is 1. The summed E-state index contributed by atoms with van der Waals surface area (Å²) in [7, 11) is 0. The summed E-state index contributed by atoms with van der Waals surface area (Å²) >= 11 is 0. The van der Waals surface area contributed by atoms with E-state index in [0.717, 1.165) is 32.0 Å². The first-order valence-electron chi connectivity index (χ1n) is 6.71. The average Bonchev–Trinajstić information content (AvgIpc) is 2.76. The van der Waals surface area contributed by atoms with Gasteiger partial charge in [0.15, 0.2) is 0 Å². The van der Waals surface area contributed by atoms with Crippen molar-refractivity contribution in [2.24, 2.45) is 11.8 Å². The molecule has 16 heavy (non-hydrogen) atoms. The average molecular weight is 225 g/mol. The van der Waals surface area contributed by atoms with Crippen molar-refractivity contribution < 1.29 is 9.90 Å². The van der Waals surface area contributed by atoms with Gasteiger partial charge < -0.3 is 10.0 Å². The fourth-order valence-electron chi connectivity index (χ4n) is 3.08. The molecule has 0 aromatic rings. The number of carbonyl (C=O) groups is 1. The Labute approximate surface area is 97.8 Å². The summed E-state index contributed by atoms with van der Waals surface area (Å²) in [5.41, 5.74) is 0. The molecule has 0 radical (unpaired) electrons. The van der Waals surface area contributed by atoms with Crippen LogP contribution in [0, 0.1) is 11.8 Å². The lowest BCUT2D eigenvalue weighted by molar-refractivity contribution is -0.141. The van der Waals surface area contributed by atoms with E-state index >= 15 is 0 Å². The number of hydrogen-bond acceptors (Lipinski definition) is 2. The Balaban J connectivity index is 1.65. The zero-order chi connectivity index (χ0) is 11.4. The molecule has 1 aliphatic heterocycles. The SMILES string of the molecule is O=C(O)C1CCN(CCC2CCCCC2)C1. The van der Waals surface area contributed by atoms with Crippen molar-refractivity contribution in [1.82, 2.24) is 4.90 Å². The summed E-state index contributed by atoms with van der Waals surface area (Å²) in [6.45, 7) is 2.89. The Bertz CT molecular complexity index is 236. The Hall–Kier alpha value is -0.570. The zero-order valence-electron chi connectivity index (χ0n) is 10.0. The third kappa shape index (κ3) is 3.21. The topological polar surface area (TPSA) is 40.5 Å². The highest BCUT2D eigenvalue weighted by Crippen LogP contribution is 2.27. The molecule has 1 N–H and O–H groups in total. The lowest BCUT2D eigenvalue weighted by atomic mass is 9.87. The molecule has 2 rings (SSSR count). The van der Waals surface area contributed by atoms with Crippen LogP contribution in [0.2, 0.25) is 0 Å². The van der Waals surface area contributed by atoms with Gasteiger partial charge in [-0.3, -0.25) is 4.79 Å². The van der Waals surface area contributed by atoms with E-state index in [1.807, 2.05) is 0 Å². The zero-order valence-corrected chi connectivity index (χ0v) is 10.0. The van der Waals surface area contributed by atoms with Crippen LogP contribution in [0.4, 0.5) is 0 Å². The van der Waals surface area contributed by atoms with Gasteiger partial charge in [0.1, 0.15) is 0 Å². The second-order valence-corrected chi connectivity index (χ2v) is 5.42. The first-order valence-corrected chi connectivity index (χ1v) is 6.71. The van der Waals surface area contributed by atoms with E-state index in [4.69, 9.17) is 5.11 Å². The maximum absolute atomic E-state index is 10.8. The van der Waals surface area contributed by atoms with Gasteiger partial charge in [-0.15, -0.1) is 0 Å². The standard InChI is InChI=1S/C13H23NO2/c15-13(16)12-7-9-14(10-12)8-6-11-4-2-1-3-5-11/h11-12H,1-10H2,(H,15,16). The van der Waals surface area contributed by atoms with Gasteiger partial charge in [-0.25, -0.2) is 0 Å². The van der Waals surface area contributed by atoms with Gasteiger partial charge in [0, 0.05) is 6.54 Å². The highest BCUT2D eigenvalue weighted by Gasteiger charge is 2.28. The van der Waals surface area contributed by atoms with Crippen LogP contribution in [-0.4, -0.2) is 35.6 Å². The Kier molecular flexibility index (Phi) is 4.22. The summed E-state index contributed by atoms with van der Waals surface area (Å²) in [5, 5.41) is 8.92. The van der Waals surface area contributed by atoms with Crippen molar-refractivity contribution in [2.45, 2.75) is 44.9 Å². The maximum atomic E-state index is 10.8. The van der Waals surface area contributed by atoms with Crippen molar-refractivity contribution in [3.63, 3.8) is 0 Å². The number of hydrogen-bond donors (Lipinski definition) is 1. The molecule has 1 aliphatic carbocycles. The van der Waals surface area contributed by atoms with Gasteiger partial charge in [-0.05, 0) is 31.8 Å². The van der Waals surface area contributed by atoms with Gasteiger partial charge in [0.2, 0.25) is 0 Å². The molecule has 0 spiro atoms. The summed E-state index contributed by atoms with van der Waals surface area (Å²) < 4.78 is 0. The molecule has 1 unspecified atom stereocenters. The normalized spacial score (nSPS) is 28.4. The third-order valence-electron chi connectivity index (χ3n) is 4.20. The van der Waals surface area contributed by atoms with Crippen LogP contribution in [0.3, 0.4) is 0 Å². The first kappa shape index (κ1) is 11.9. The molecule has 0 aromatic heterocycles. The number of aliphatic carboxylic acids is 1. The second kappa shape index (κ2) is 5.67. The number of carboxylic acids is 1. The van der Waals surface area contributed by atoms with Gasteiger partial charge in [-0.1, -0.05) is 32.1 Å². The van der Waals surface area contributed by atoms with E-state index in [1.54, 1.807) is 0 Å². The quantitative estimate of drug-likeness (QED) is 0.798. The minimum atomic E-state index is -0.611. The predicted molar refractivity (Wildman–Crippen MR) is 63.4 cm³/mol. The van der Waals surface area contributed by atoms with Gasteiger partial charge in [0.25, 0.3) is 0 Å². The lowest BCUT2D eigenvalue weighted by Gasteiger charge is -2.24. The van der Waals surface area contributed by atoms with E-state index < -0.39 is 5.97 Å². The van der Waals surface area contributed by atoms with E-state index in [-0.39, 0.29) is 5.92 Å². The Morgan fingerprint density at radius 3 is 2.56 bits per heavy atom. The molecule has 3 nitrogen and oxygen atoms in total. The van der Waals surface area contributed by atoms with Crippen LogP contribution in [0.15, 0.2) is 0 Å². The van der Waals surface area contributed by atoms with Crippen LogP contribution in [0.1, 0.15) is 44.9 Å². The molecule has 0 amide bonds. The molecule has 3 heteroatoms. The van der Waals surface area contributed by atoms with Crippen molar-refractivity contribution in [3.8, 4) is 0 Å². The molecule has 1 saturated carbocycles. The molecule has 0 aromatic carbocycles. The van der Waals surface area contributed by atoms with E-state index in [9.17, 15) is 4.79 Å². The van der Waals surface area contributed by atoms with Crippen molar-refractivity contribution >= 4 is 5.97 Å². The van der Waals surface area contributed by atoms with Crippen LogP contribution >= 0.6 is 0 Å². The molecular formula is C13H23NO2. The smallest absolute Gasteiger partial charge is 0.307 e. The van der Waals surface area contributed by atoms with Crippen molar-refractivity contribution in [1.29, 1.82) is 0 Å². The van der Waals surface area contributed by atoms with Gasteiger partial charge in [-0.2, -0.15) is 0 Å². The van der Waals surface area contributed by atoms with Crippen molar-refractivity contribution in [2.75, 3.05) is 19.6 Å². The minimum absolute atomic E-state index is 0.105. The van der Waals surface area contributed by atoms with Crippen LogP contribution in [0.5, 0.6) is 0 Å². The van der Waals surface area contributed by atoms with E-state index in [2.05, 4.69) is 4.90 Å². The van der Waals surface area contributed by atoms with Gasteiger partial charge in [0.05, 0.1) is 5.92 Å². The minimum Gasteiger partial charge on any atom is -0.481 e. The molecule has 2 fully saturated rings. The fraction of sp³-hybridized carbons (Fsp3) is 0.923. The maximum Gasteiger partial charge on any atom is 0.307 e. The number of nitrogens with zero attached hydrogens (tertiary/aromatic N) is 1. The van der Waals surface area contributed by atoms with E-state index in [0.29, 0.717) is 0 Å². The monoisotopic (exact) mass is 225 g/mol. The van der Waals surface area contributed by atoms with Gasteiger partial charge >= 0.3 is 5.97 Å². The fourth-order valence-corrected chi connectivity index (χ4v) is 3.08. The summed E-state index contributed by atoms with van der Waals surface area (Å²) in [5.74, 6) is 0.198. The van der Waals surface area contributed by atoms with E-state index in [1.165, 1.54) is 38.5 Å². The molecule has 2 aliphatic rings. The van der Waals surface area contributed by atoms with Crippen LogP contribution in [0.25, 0.3) is 0 Å². The molecule has 0 bridgehead atoms. The van der Waals surface area contributed by atoms with Crippen molar-refractivity contribution in [3.05, 3.63) is 0 Å². The molecule has 1 saturated heterocycles. The predicted octanol–water partition coefficient (Wildman–Crippen LogP) is 2.36. The number of carboxylic acid groups (broad SMARTS) is 1. The first-order chi connectivity index (χ1) is 7.75. The number of rotatable bonds is 4. The highest BCUT2D eigenvalue weighted by molar-refractivity contribution is 5.70. The molecule has 1 atom stereocenters. The largest absolute Gasteiger partial charge is 0.481 e. The summed E-state index contributed by atoms with van der Waals surface area (Å²) in [6, 6.07) is 0. The Morgan fingerprint density at radius 1 is 1.19 bits per heavy atom. The lowest BCUT2D eigenvalue weighted by Crippen LogP contribution is -2.26. The second-order valence-electron chi connectivity index (χ2n) is 5.42. The molecule has 92 valence electrons. The third-order valence-corrected chi connectivity index (χ3v) is 4.20.